The minimum Gasteiger partial charge on any atom is -0.267 e. The summed E-state index contributed by atoms with van der Waals surface area (Å²) >= 11 is 0. The van der Waals surface area contributed by atoms with Gasteiger partial charge in [-0.3, -0.25) is 15.9 Å². The first kappa shape index (κ1) is 45.5. The molecule has 12 N–H and O–H groups in total. The summed E-state index contributed by atoms with van der Waals surface area (Å²) in [6.07, 6.45) is 29.8. The van der Waals surface area contributed by atoms with Crippen molar-refractivity contribution in [3.05, 3.63) is 0 Å². The lowest BCUT2D eigenvalue weighted by Gasteiger charge is -2.21. The molecule has 0 saturated heterocycles. The topological polar surface area (TPSA) is 192 Å². The predicted octanol–water partition coefficient (Wildman–Crippen LogP) is 5.21. The molecule has 0 aliphatic rings. The zero-order chi connectivity index (χ0) is 33.8. The van der Waals surface area contributed by atoms with Crippen molar-refractivity contribution in [2.75, 3.05) is 13.1 Å². The largest absolute Gasteiger partial charge is 0.270 e. The van der Waals surface area contributed by atoms with Gasteiger partial charge >= 0.3 is 0 Å². The predicted molar refractivity (Wildman–Crippen MR) is 192 cm³/mol. The molecular formula is C32H76N10O3S. The molecule has 0 bridgehead atoms. The van der Waals surface area contributed by atoms with E-state index in [4.69, 9.17) is 15.9 Å². The molecule has 0 radical (unpaired) electrons. The third-order valence-electron chi connectivity index (χ3n) is 8.69. The lowest BCUT2D eigenvalue weighted by Crippen LogP contribution is -2.53. The quantitative estimate of drug-likeness (QED) is 0.0176. The molecule has 0 spiro atoms. The van der Waals surface area contributed by atoms with E-state index in [0.29, 0.717) is 6.42 Å². The molecule has 0 fully saturated rings. The number of hydrogen-bond acceptors (Lipinski definition) is 13. The first-order chi connectivity index (χ1) is 22.5. The van der Waals surface area contributed by atoms with Gasteiger partial charge in [0, 0.05) is 13.1 Å². The van der Waals surface area contributed by atoms with Gasteiger partial charge in [-0.25, -0.2) is 10.9 Å². The van der Waals surface area contributed by atoms with Gasteiger partial charge in [-0.05, 0) is 38.5 Å². The van der Waals surface area contributed by atoms with Crippen molar-refractivity contribution in [3.63, 3.8) is 0 Å². The second-order valence-corrected chi connectivity index (χ2v) is 14.5. The molecule has 2 atom stereocenters. The summed E-state index contributed by atoms with van der Waals surface area (Å²) in [4.78, 5) is 0. The van der Waals surface area contributed by atoms with Crippen LogP contribution in [-0.2, 0) is 14.3 Å². The smallest absolute Gasteiger partial charge is 0.267 e. The van der Waals surface area contributed by atoms with Crippen molar-refractivity contribution in [2.24, 2.45) is 11.7 Å². The molecule has 278 valence electrons. The van der Waals surface area contributed by atoms with Crippen molar-refractivity contribution >= 4 is 10.1 Å². The average Bonchev–Trinajstić information content (AvgIpc) is 3.05. The fraction of sp³-hybridized carbons (Fsp3) is 1.00. The summed E-state index contributed by atoms with van der Waals surface area (Å²) in [7, 11) is -3.51. The van der Waals surface area contributed by atoms with Gasteiger partial charge in [0.2, 0.25) is 0 Å². The van der Waals surface area contributed by atoms with Crippen molar-refractivity contribution in [1.82, 2.24) is 44.1 Å². The van der Waals surface area contributed by atoms with Crippen LogP contribution >= 0.6 is 0 Å². The van der Waals surface area contributed by atoms with Crippen LogP contribution in [0.3, 0.4) is 0 Å². The molecule has 0 heterocycles. The summed E-state index contributed by atoms with van der Waals surface area (Å²) < 4.78 is 31.9. The first-order valence-electron chi connectivity index (χ1n) is 18.8. The number of unbranched alkanes of at least 4 members (excludes halogenated alkanes) is 20. The molecule has 0 aromatic rings. The lowest BCUT2D eigenvalue weighted by atomic mass is 10.0. The highest BCUT2D eigenvalue weighted by molar-refractivity contribution is 7.87. The maximum absolute atomic E-state index is 13.0. The monoisotopic (exact) mass is 681 g/mol. The number of nitrogens with one attached hydrogen (secondary N) is 8. The number of hydrogen-bond donors (Lipinski definition) is 10. The van der Waals surface area contributed by atoms with Crippen LogP contribution in [0, 0.1) is 0 Å². The zero-order valence-corrected chi connectivity index (χ0v) is 30.6. The second kappa shape index (κ2) is 35.8. The molecule has 46 heavy (non-hydrogen) atoms. The van der Waals surface area contributed by atoms with E-state index in [0.717, 1.165) is 70.9 Å². The maximum atomic E-state index is 13.0. The third kappa shape index (κ3) is 30.8. The number of rotatable bonds is 39. The molecule has 2 unspecified atom stereocenters. The first-order valence-corrected chi connectivity index (χ1v) is 20.3. The molecule has 0 amide bonds. The van der Waals surface area contributed by atoms with E-state index in [2.05, 4.69) is 44.1 Å². The molecule has 0 saturated carbocycles. The van der Waals surface area contributed by atoms with Crippen molar-refractivity contribution < 1.29 is 12.6 Å². The van der Waals surface area contributed by atoms with Crippen molar-refractivity contribution in [1.29, 1.82) is 0 Å². The van der Waals surface area contributed by atoms with Crippen LogP contribution in [0.1, 0.15) is 181 Å². The standard InChI is InChI=1S/C32H76N10O3S/c1-3-31(27-23-19-15-11-7-5-9-13-17-21-25-29-35-39-41-37-33)45-46(43,44)32(4-2)28-24-20-16-12-8-6-10-14-18-22-26-30-36-40-42-38-34/h31-32,35-42H,3-30,33-34H2,1-2H3. The summed E-state index contributed by atoms with van der Waals surface area (Å²) in [6, 6.07) is 0. The van der Waals surface area contributed by atoms with E-state index >= 15 is 0 Å². The van der Waals surface area contributed by atoms with E-state index < -0.39 is 10.1 Å². The van der Waals surface area contributed by atoms with E-state index in [1.165, 1.54) is 103 Å². The van der Waals surface area contributed by atoms with Gasteiger partial charge in [0.1, 0.15) is 0 Å². The molecule has 0 aromatic carbocycles. The molecule has 14 heteroatoms. The van der Waals surface area contributed by atoms with Gasteiger partial charge in [0.25, 0.3) is 10.1 Å². The fourth-order valence-corrected chi connectivity index (χ4v) is 7.41. The van der Waals surface area contributed by atoms with Gasteiger partial charge in [-0.1, -0.05) is 142 Å². The maximum Gasteiger partial charge on any atom is 0.270 e. The molecule has 0 aromatic heterocycles. The van der Waals surface area contributed by atoms with E-state index in [1.54, 1.807) is 0 Å². The van der Waals surface area contributed by atoms with Crippen LogP contribution in [0.2, 0.25) is 0 Å². The molecule has 0 aliphatic carbocycles. The molecule has 13 nitrogen and oxygen atoms in total. The second-order valence-electron chi connectivity index (χ2n) is 12.6. The normalized spacial score (nSPS) is 13.4. The Morgan fingerprint density at radius 1 is 0.478 bits per heavy atom. The van der Waals surface area contributed by atoms with Crippen LogP contribution in [0.4, 0.5) is 0 Å². The Labute approximate surface area is 283 Å². The van der Waals surface area contributed by atoms with Crippen molar-refractivity contribution in [2.45, 2.75) is 192 Å². The van der Waals surface area contributed by atoms with Gasteiger partial charge in [-0.15, -0.1) is 0 Å². The molecule has 0 aliphatic heterocycles. The average molecular weight is 681 g/mol. The summed E-state index contributed by atoms with van der Waals surface area (Å²) in [5, 5.41) is -0.369. The Hall–Kier alpha value is -0.490. The van der Waals surface area contributed by atoms with Gasteiger partial charge in [-0.2, -0.15) is 41.6 Å². The van der Waals surface area contributed by atoms with Gasteiger partial charge in [0.05, 0.1) is 11.4 Å². The van der Waals surface area contributed by atoms with Crippen LogP contribution in [0.25, 0.3) is 0 Å². The Balaban J connectivity index is 3.74. The Morgan fingerprint density at radius 2 is 0.826 bits per heavy atom. The van der Waals surface area contributed by atoms with Crippen LogP contribution in [0.5, 0.6) is 0 Å². The Morgan fingerprint density at radius 3 is 1.17 bits per heavy atom. The van der Waals surface area contributed by atoms with Crippen molar-refractivity contribution in [3.8, 4) is 0 Å². The van der Waals surface area contributed by atoms with Crippen LogP contribution in [-0.4, -0.2) is 32.9 Å². The highest BCUT2D eigenvalue weighted by Gasteiger charge is 2.27. The van der Waals surface area contributed by atoms with Gasteiger partial charge in [0.15, 0.2) is 0 Å². The minimum atomic E-state index is -3.51. The van der Waals surface area contributed by atoms with Crippen LogP contribution in [0.15, 0.2) is 0 Å². The SMILES string of the molecule is CCC(CCCCCCCCCCCCCNNNNN)OS(=O)(=O)C(CC)CCCCCCCCCCCCCNNNNN. The molecule has 0 rings (SSSR count). The van der Waals surface area contributed by atoms with E-state index in [9.17, 15) is 8.42 Å². The fourth-order valence-electron chi connectivity index (χ4n) is 5.78. The summed E-state index contributed by atoms with van der Waals surface area (Å²) in [5.41, 5.74) is 21.3. The summed E-state index contributed by atoms with van der Waals surface area (Å²) in [5.74, 6) is 10.2. The highest BCUT2D eigenvalue weighted by atomic mass is 32.2. The lowest BCUT2D eigenvalue weighted by molar-refractivity contribution is 0.186. The highest BCUT2D eigenvalue weighted by Crippen LogP contribution is 2.22. The third-order valence-corrected chi connectivity index (χ3v) is 10.6. The van der Waals surface area contributed by atoms with Gasteiger partial charge < -0.3 is 0 Å². The Kier molecular flexibility index (Phi) is 35.4. The summed E-state index contributed by atoms with van der Waals surface area (Å²) in [6.45, 7) is 5.85. The minimum absolute atomic E-state index is 0.177. The zero-order valence-electron chi connectivity index (χ0n) is 29.7. The number of nitrogens with two attached hydrogens (primary N) is 2. The van der Waals surface area contributed by atoms with E-state index in [1.807, 2.05) is 13.8 Å². The van der Waals surface area contributed by atoms with E-state index in [-0.39, 0.29) is 11.4 Å². The van der Waals surface area contributed by atoms with Crippen LogP contribution < -0.4 is 55.7 Å². The Bertz CT molecular complexity index is 710. The number of hydrazine groups is 8. The molecular weight excluding hydrogens is 604 g/mol.